The fourth-order valence-electron chi connectivity index (χ4n) is 8.54. The molecule has 10 aromatic carbocycles. The van der Waals surface area contributed by atoms with Crippen LogP contribution in [0.15, 0.2) is 217 Å². The lowest BCUT2D eigenvalue weighted by atomic mass is 9.93. The normalized spacial score (nSPS) is 11.6. The number of hydrogen-bond donors (Lipinski definition) is 0. The van der Waals surface area contributed by atoms with E-state index in [1.54, 1.807) is 0 Å². The number of para-hydroxylation sites is 1. The lowest BCUT2D eigenvalue weighted by Gasteiger charge is -2.26. The Morgan fingerprint density at radius 3 is 1.29 bits per heavy atom. The van der Waals surface area contributed by atoms with Crippen LogP contribution in [0.2, 0.25) is 0 Å². The van der Waals surface area contributed by atoms with E-state index in [4.69, 9.17) is 4.42 Å². The molecule has 0 atom stereocenters. The maximum absolute atomic E-state index is 6.34. The van der Waals surface area contributed by atoms with Crippen molar-refractivity contribution in [2.45, 2.75) is 0 Å². The highest BCUT2D eigenvalue weighted by Crippen LogP contribution is 2.42. The second kappa shape index (κ2) is 13.2. The second-order valence-electron chi connectivity index (χ2n) is 14.5. The molecule has 0 bridgehead atoms. The van der Waals surface area contributed by atoms with Crippen LogP contribution < -0.4 is 4.90 Å². The summed E-state index contributed by atoms with van der Waals surface area (Å²) in [5.74, 6) is 0.852. The maximum Gasteiger partial charge on any atom is 0.135 e. The van der Waals surface area contributed by atoms with Crippen molar-refractivity contribution in [3.05, 3.63) is 212 Å². The molecule has 56 heavy (non-hydrogen) atoms. The molecule has 262 valence electrons. The van der Waals surface area contributed by atoms with Crippen molar-refractivity contribution >= 4 is 71.1 Å². The van der Waals surface area contributed by atoms with Gasteiger partial charge in [0.05, 0.1) is 0 Å². The summed E-state index contributed by atoms with van der Waals surface area (Å²) in [4.78, 5) is 2.34. The summed E-state index contributed by atoms with van der Waals surface area (Å²) in [6, 6.07) is 76.5. The van der Waals surface area contributed by atoms with Crippen molar-refractivity contribution in [3.8, 4) is 33.6 Å². The Bertz CT molecular complexity index is 3050. The van der Waals surface area contributed by atoms with Gasteiger partial charge in [0.2, 0.25) is 0 Å². The van der Waals surface area contributed by atoms with Gasteiger partial charge in [-0.05, 0) is 126 Å². The van der Waals surface area contributed by atoms with E-state index in [1.807, 2.05) is 12.1 Å². The average molecular weight is 714 g/mol. The van der Waals surface area contributed by atoms with Crippen molar-refractivity contribution < 1.29 is 4.42 Å². The standard InChI is InChI=1S/C54H35NO/c1-4-17-45-38(12-1)33-51(49-21-8-6-19-47(45)49)36-24-28-42(29-25-36)55(44-16-11-15-40(32-44)54-35-41-14-3-10-23-53(41)56-54)43-30-26-37(27-31-43)52-34-39-13-2-5-18-46(39)48-20-7-9-22-50(48)52/h1-35H. The third-order valence-electron chi connectivity index (χ3n) is 11.2. The third kappa shape index (κ3) is 5.42. The van der Waals surface area contributed by atoms with Crippen molar-refractivity contribution in [1.29, 1.82) is 0 Å². The van der Waals surface area contributed by atoms with Crippen molar-refractivity contribution in [2.24, 2.45) is 0 Å². The van der Waals surface area contributed by atoms with Gasteiger partial charge in [-0.1, -0.05) is 152 Å². The average Bonchev–Trinajstić information content (AvgIpc) is 3.72. The Kier molecular flexibility index (Phi) is 7.53. The molecule has 2 nitrogen and oxygen atoms in total. The first-order valence-corrected chi connectivity index (χ1v) is 19.2. The molecule has 0 radical (unpaired) electrons. The number of anilines is 3. The first kappa shape index (κ1) is 32.0. The first-order valence-electron chi connectivity index (χ1n) is 19.2. The van der Waals surface area contributed by atoms with Crippen LogP contribution in [0, 0.1) is 0 Å². The molecule has 0 spiro atoms. The monoisotopic (exact) mass is 713 g/mol. The van der Waals surface area contributed by atoms with Crippen LogP contribution in [0.4, 0.5) is 17.1 Å². The van der Waals surface area contributed by atoms with Gasteiger partial charge in [-0.2, -0.15) is 0 Å². The highest BCUT2D eigenvalue weighted by molar-refractivity contribution is 6.15. The van der Waals surface area contributed by atoms with Crippen LogP contribution >= 0.6 is 0 Å². The summed E-state index contributed by atoms with van der Waals surface area (Å²) in [5, 5.41) is 11.2. The van der Waals surface area contributed by atoms with Gasteiger partial charge in [-0.15, -0.1) is 0 Å². The van der Waals surface area contributed by atoms with Crippen LogP contribution in [-0.4, -0.2) is 0 Å². The van der Waals surface area contributed by atoms with E-state index < -0.39 is 0 Å². The fraction of sp³-hybridized carbons (Fsp3) is 0. The van der Waals surface area contributed by atoms with Gasteiger partial charge >= 0.3 is 0 Å². The molecular weight excluding hydrogens is 679 g/mol. The molecule has 1 heterocycles. The van der Waals surface area contributed by atoms with E-state index in [9.17, 15) is 0 Å². The summed E-state index contributed by atoms with van der Waals surface area (Å²) in [5.41, 5.74) is 9.95. The highest BCUT2D eigenvalue weighted by Gasteiger charge is 2.17. The molecule has 0 saturated carbocycles. The molecule has 11 aromatic rings. The number of hydrogen-bond acceptors (Lipinski definition) is 2. The SMILES string of the molecule is c1cc(-c2cc3ccccc3o2)cc(N(c2ccc(-c3cc4ccccc4c4ccccc34)cc2)c2ccc(-c3cc4ccccc4c4ccccc34)cc2)c1. The molecule has 0 aliphatic carbocycles. The lowest BCUT2D eigenvalue weighted by molar-refractivity contribution is 0.631. The number of benzene rings is 10. The third-order valence-corrected chi connectivity index (χ3v) is 11.2. The predicted octanol–water partition coefficient (Wildman–Crippen LogP) is 15.5. The minimum Gasteiger partial charge on any atom is -0.456 e. The Balaban J connectivity index is 1.04. The van der Waals surface area contributed by atoms with Crippen molar-refractivity contribution in [2.75, 3.05) is 4.90 Å². The predicted molar refractivity (Wildman–Crippen MR) is 237 cm³/mol. The lowest BCUT2D eigenvalue weighted by Crippen LogP contribution is -2.10. The second-order valence-corrected chi connectivity index (χ2v) is 14.5. The molecule has 0 saturated heterocycles. The Morgan fingerprint density at radius 2 is 0.750 bits per heavy atom. The highest BCUT2D eigenvalue weighted by atomic mass is 16.3. The van der Waals surface area contributed by atoms with Gasteiger partial charge in [0.1, 0.15) is 11.3 Å². The van der Waals surface area contributed by atoms with E-state index in [-0.39, 0.29) is 0 Å². The van der Waals surface area contributed by atoms with E-state index in [0.717, 1.165) is 39.4 Å². The Labute approximate surface area is 325 Å². The topological polar surface area (TPSA) is 16.4 Å². The summed E-state index contributed by atoms with van der Waals surface area (Å²) >= 11 is 0. The largest absolute Gasteiger partial charge is 0.456 e. The Hall–Kier alpha value is -7.42. The van der Waals surface area contributed by atoms with E-state index in [1.165, 1.54) is 65.3 Å². The van der Waals surface area contributed by atoms with Gasteiger partial charge in [0, 0.05) is 28.0 Å². The minimum absolute atomic E-state index is 0.852. The molecule has 11 rings (SSSR count). The molecule has 0 N–H and O–H groups in total. The molecule has 0 unspecified atom stereocenters. The summed E-state index contributed by atoms with van der Waals surface area (Å²) in [6.07, 6.45) is 0. The van der Waals surface area contributed by atoms with Gasteiger partial charge in [-0.3, -0.25) is 0 Å². The Morgan fingerprint density at radius 1 is 0.286 bits per heavy atom. The van der Waals surface area contributed by atoms with Gasteiger partial charge in [0.25, 0.3) is 0 Å². The summed E-state index contributed by atoms with van der Waals surface area (Å²) < 4.78 is 6.34. The number of rotatable bonds is 6. The zero-order valence-electron chi connectivity index (χ0n) is 30.6. The van der Waals surface area contributed by atoms with Crippen LogP contribution in [0.5, 0.6) is 0 Å². The number of fused-ring (bicyclic) bond motifs is 7. The van der Waals surface area contributed by atoms with Crippen LogP contribution in [0.1, 0.15) is 0 Å². The number of nitrogens with zero attached hydrogens (tertiary/aromatic N) is 1. The summed E-state index contributed by atoms with van der Waals surface area (Å²) in [7, 11) is 0. The molecular formula is C54H35NO. The zero-order chi connectivity index (χ0) is 37.0. The molecule has 0 aliphatic heterocycles. The van der Waals surface area contributed by atoms with E-state index in [0.29, 0.717) is 0 Å². The van der Waals surface area contributed by atoms with E-state index in [2.05, 4.69) is 205 Å². The molecule has 2 heteroatoms. The summed E-state index contributed by atoms with van der Waals surface area (Å²) in [6.45, 7) is 0. The molecule has 0 amide bonds. The van der Waals surface area contributed by atoms with E-state index >= 15 is 0 Å². The molecule has 0 aliphatic rings. The van der Waals surface area contributed by atoms with Crippen LogP contribution in [0.3, 0.4) is 0 Å². The fourth-order valence-corrected chi connectivity index (χ4v) is 8.54. The van der Waals surface area contributed by atoms with Crippen molar-refractivity contribution in [1.82, 2.24) is 0 Å². The van der Waals surface area contributed by atoms with Crippen molar-refractivity contribution in [3.63, 3.8) is 0 Å². The quantitative estimate of drug-likeness (QED) is 0.160. The first-order chi connectivity index (χ1) is 27.7. The maximum atomic E-state index is 6.34. The molecule has 0 fully saturated rings. The van der Waals surface area contributed by atoms with Crippen LogP contribution in [0.25, 0.3) is 87.6 Å². The minimum atomic E-state index is 0.852. The smallest absolute Gasteiger partial charge is 0.135 e. The van der Waals surface area contributed by atoms with Gasteiger partial charge < -0.3 is 9.32 Å². The van der Waals surface area contributed by atoms with Crippen LogP contribution in [-0.2, 0) is 0 Å². The number of furan rings is 1. The van der Waals surface area contributed by atoms with Gasteiger partial charge in [-0.25, -0.2) is 0 Å². The molecule has 1 aromatic heterocycles. The van der Waals surface area contributed by atoms with Gasteiger partial charge in [0.15, 0.2) is 0 Å². The zero-order valence-corrected chi connectivity index (χ0v) is 30.6.